The zero-order chi connectivity index (χ0) is 19.6. The quantitative estimate of drug-likeness (QED) is 0.598. The van der Waals surface area contributed by atoms with Crippen LogP contribution < -0.4 is 0 Å². The van der Waals surface area contributed by atoms with Crippen molar-refractivity contribution < 1.29 is 22.9 Å². The average molecular weight is 370 g/mol. The van der Waals surface area contributed by atoms with Crippen LogP contribution in [0.1, 0.15) is 22.5 Å². The molecule has 2 aromatic rings. The summed E-state index contributed by atoms with van der Waals surface area (Å²) in [5.74, 6) is -0.512. The predicted molar refractivity (Wildman–Crippen MR) is 86.3 cm³/mol. The molecule has 0 saturated heterocycles. The number of halogens is 3. The van der Waals surface area contributed by atoms with Crippen LogP contribution in [0, 0.1) is 24.0 Å². The van der Waals surface area contributed by atoms with Crippen molar-refractivity contribution in [2.75, 3.05) is 7.05 Å². The molecule has 0 unspecified atom stereocenters. The number of rotatable bonds is 5. The van der Waals surface area contributed by atoms with Crippen LogP contribution in [-0.2, 0) is 24.1 Å². The fraction of sp³-hybridized carbons (Fsp3) is 0.375. The van der Waals surface area contributed by atoms with Crippen LogP contribution in [0.2, 0.25) is 0 Å². The van der Waals surface area contributed by atoms with Gasteiger partial charge < -0.3 is 4.90 Å². The monoisotopic (exact) mass is 370 g/mol. The van der Waals surface area contributed by atoms with Crippen LogP contribution in [0.4, 0.5) is 18.9 Å². The lowest BCUT2D eigenvalue weighted by Gasteiger charge is -2.20. The lowest BCUT2D eigenvalue weighted by Crippen LogP contribution is -2.31. The van der Waals surface area contributed by atoms with E-state index in [2.05, 4.69) is 5.10 Å². The first-order chi connectivity index (χ1) is 12.0. The summed E-state index contributed by atoms with van der Waals surface area (Å²) >= 11 is 0. The number of benzene rings is 1. The number of likely N-dealkylation sites (N-methyl/N-ethyl adjacent to an activating group) is 1. The van der Waals surface area contributed by atoms with Gasteiger partial charge in [0.15, 0.2) is 0 Å². The van der Waals surface area contributed by atoms with Crippen LogP contribution >= 0.6 is 0 Å². The zero-order valence-electron chi connectivity index (χ0n) is 14.4. The molecule has 0 saturated carbocycles. The lowest BCUT2D eigenvalue weighted by molar-refractivity contribution is -0.386. The number of alkyl halides is 3. The molecule has 0 aliphatic heterocycles. The number of nitrogens with zero attached hydrogens (tertiary/aromatic N) is 4. The van der Waals surface area contributed by atoms with Gasteiger partial charge in [-0.15, -0.1) is 0 Å². The van der Waals surface area contributed by atoms with E-state index in [9.17, 15) is 28.1 Å². The van der Waals surface area contributed by atoms with Crippen molar-refractivity contribution in [1.29, 1.82) is 0 Å². The highest BCUT2D eigenvalue weighted by Gasteiger charge is 2.33. The number of aryl methyl sites for hydroxylation is 1. The molecule has 0 aliphatic carbocycles. The molecular formula is C16H17F3N4O3. The molecule has 0 atom stereocenters. The molecule has 7 nitrogen and oxygen atoms in total. The normalized spacial score (nSPS) is 11.5. The fourth-order valence-corrected chi connectivity index (χ4v) is 2.63. The van der Waals surface area contributed by atoms with E-state index in [1.165, 1.54) is 43.8 Å². The Morgan fingerprint density at radius 2 is 1.92 bits per heavy atom. The second-order valence-electron chi connectivity index (χ2n) is 5.84. The van der Waals surface area contributed by atoms with Crippen LogP contribution in [0.5, 0.6) is 0 Å². The number of hydrogen-bond acceptors (Lipinski definition) is 4. The third-order valence-corrected chi connectivity index (χ3v) is 3.97. The molecule has 26 heavy (non-hydrogen) atoms. The summed E-state index contributed by atoms with van der Waals surface area (Å²) in [6.07, 6.45) is -4.52. The summed E-state index contributed by atoms with van der Waals surface area (Å²) in [7, 11) is 1.37. The Kier molecular flexibility index (Phi) is 5.33. The van der Waals surface area contributed by atoms with Gasteiger partial charge in [-0.05, 0) is 25.5 Å². The summed E-state index contributed by atoms with van der Waals surface area (Å²) in [6.45, 7) is 2.38. The minimum atomic E-state index is -4.52. The molecule has 0 N–H and O–H groups in total. The van der Waals surface area contributed by atoms with E-state index in [1.54, 1.807) is 0 Å². The minimum absolute atomic E-state index is 0.0322. The van der Waals surface area contributed by atoms with Crippen molar-refractivity contribution in [3.8, 4) is 0 Å². The van der Waals surface area contributed by atoms with E-state index >= 15 is 0 Å². The molecule has 0 fully saturated rings. The van der Waals surface area contributed by atoms with Crippen molar-refractivity contribution in [2.24, 2.45) is 0 Å². The van der Waals surface area contributed by atoms with Gasteiger partial charge in [0.2, 0.25) is 5.91 Å². The topological polar surface area (TPSA) is 81.3 Å². The average Bonchev–Trinajstić information content (AvgIpc) is 2.80. The van der Waals surface area contributed by atoms with Gasteiger partial charge in [-0.2, -0.15) is 18.3 Å². The molecule has 1 aromatic carbocycles. The molecule has 0 spiro atoms. The van der Waals surface area contributed by atoms with Crippen molar-refractivity contribution >= 4 is 11.6 Å². The Bertz CT molecular complexity index is 846. The first kappa shape index (κ1) is 19.4. The van der Waals surface area contributed by atoms with Gasteiger partial charge >= 0.3 is 11.9 Å². The Balaban J connectivity index is 2.18. The molecule has 1 aromatic heterocycles. The van der Waals surface area contributed by atoms with E-state index in [-0.39, 0.29) is 35.7 Å². The highest BCUT2D eigenvalue weighted by molar-refractivity contribution is 5.76. The molecule has 0 bridgehead atoms. The van der Waals surface area contributed by atoms with Crippen molar-refractivity contribution in [2.45, 2.75) is 33.1 Å². The van der Waals surface area contributed by atoms with Gasteiger partial charge in [0.05, 0.1) is 10.5 Å². The maximum absolute atomic E-state index is 13.0. The SMILES string of the molecule is Cc1nn(CC(=O)N(C)Cc2ccccc2C(F)(F)F)c(C)c1[N+](=O)[O-]. The van der Waals surface area contributed by atoms with Crippen molar-refractivity contribution in [3.63, 3.8) is 0 Å². The highest BCUT2D eigenvalue weighted by atomic mass is 19.4. The standard InChI is InChI=1S/C16H17F3N4O3/c1-10-15(23(25)26)11(2)22(20-10)9-14(24)21(3)8-12-6-4-5-7-13(12)16(17,18)19/h4-7H,8-9H2,1-3H3. The molecule has 0 aliphatic rings. The number of carbonyl (C=O) groups excluding carboxylic acids is 1. The number of hydrogen-bond donors (Lipinski definition) is 0. The summed E-state index contributed by atoms with van der Waals surface area (Å²) in [5, 5.41) is 15.0. The van der Waals surface area contributed by atoms with Gasteiger partial charge in [-0.3, -0.25) is 19.6 Å². The van der Waals surface area contributed by atoms with Gasteiger partial charge in [0, 0.05) is 13.6 Å². The second kappa shape index (κ2) is 7.14. The minimum Gasteiger partial charge on any atom is -0.340 e. The molecule has 140 valence electrons. The number of aromatic nitrogens is 2. The fourth-order valence-electron chi connectivity index (χ4n) is 2.63. The summed E-state index contributed by atoms with van der Waals surface area (Å²) in [5.41, 5.74) is -0.630. The van der Waals surface area contributed by atoms with E-state index in [0.29, 0.717) is 0 Å². The van der Waals surface area contributed by atoms with Crippen LogP contribution in [0.15, 0.2) is 24.3 Å². The summed E-state index contributed by atoms with van der Waals surface area (Å²) in [4.78, 5) is 23.9. The number of amides is 1. The van der Waals surface area contributed by atoms with Gasteiger partial charge in [0.1, 0.15) is 17.9 Å². The third kappa shape index (κ3) is 4.01. The summed E-state index contributed by atoms with van der Waals surface area (Å²) < 4.78 is 40.3. The van der Waals surface area contributed by atoms with E-state index in [4.69, 9.17) is 0 Å². The van der Waals surface area contributed by atoms with Crippen LogP contribution in [0.25, 0.3) is 0 Å². The van der Waals surface area contributed by atoms with Gasteiger partial charge in [0.25, 0.3) is 0 Å². The van der Waals surface area contributed by atoms with E-state index in [0.717, 1.165) is 11.0 Å². The predicted octanol–water partition coefficient (Wildman–Crippen LogP) is 3.09. The van der Waals surface area contributed by atoms with E-state index in [1.807, 2.05) is 0 Å². The molecule has 2 rings (SSSR count). The molecule has 1 amide bonds. The van der Waals surface area contributed by atoms with E-state index < -0.39 is 22.6 Å². The Morgan fingerprint density at radius 3 is 2.46 bits per heavy atom. The first-order valence-electron chi connectivity index (χ1n) is 7.59. The smallest absolute Gasteiger partial charge is 0.340 e. The first-order valence-corrected chi connectivity index (χ1v) is 7.59. The Labute approximate surface area is 147 Å². The maximum Gasteiger partial charge on any atom is 0.416 e. The largest absolute Gasteiger partial charge is 0.416 e. The van der Waals surface area contributed by atoms with Gasteiger partial charge in [-0.1, -0.05) is 18.2 Å². The Morgan fingerprint density at radius 1 is 1.31 bits per heavy atom. The molecule has 10 heteroatoms. The summed E-state index contributed by atoms with van der Waals surface area (Å²) in [6, 6.07) is 5.01. The third-order valence-electron chi connectivity index (χ3n) is 3.97. The molecule has 1 heterocycles. The molecular weight excluding hydrogens is 353 g/mol. The highest BCUT2D eigenvalue weighted by Crippen LogP contribution is 2.32. The van der Waals surface area contributed by atoms with Crippen LogP contribution in [0.3, 0.4) is 0 Å². The lowest BCUT2D eigenvalue weighted by atomic mass is 10.1. The second-order valence-corrected chi connectivity index (χ2v) is 5.84. The van der Waals surface area contributed by atoms with Crippen LogP contribution in [-0.4, -0.2) is 32.6 Å². The number of carbonyl (C=O) groups is 1. The van der Waals surface area contributed by atoms with Crippen molar-refractivity contribution in [1.82, 2.24) is 14.7 Å². The number of nitro groups is 1. The molecule has 0 radical (unpaired) electrons. The maximum atomic E-state index is 13.0. The van der Waals surface area contributed by atoms with Crippen molar-refractivity contribution in [3.05, 3.63) is 56.9 Å². The zero-order valence-corrected chi connectivity index (χ0v) is 14.4. The Hall–Kier alpha value is -2.91. The van der Waals surface area contributed by atoms with Gasteiger partial charge in [-0.25, -0.2) is 0 Å².